The molecule has 0 radical (unpaired) electrons. The molecule has 4 saturated heterocycles. The van der Waals surface area contributed by atoms with Gasteiger partial charge in [0.1, 0.15) is 11.9 Å². The third-order valence-electron chi connectivity index (χ3n) is 10.2. The molecule has 1 aromatic carbocycles. The van der Waals surface area contributed by atoms with E-state index >= 15 is 0 Å². The van der Waals surface area contributed by atoms with Crippen LogP contribution >= 0.6 is 0 Å². The highest BCUT2D eigenvalue weighted by atomic mass is 19.1. The van der Waals surface area contributed by atoms with Gasteiger partial charge in [0, 0.05) is 56.4 Å². The first-order valence-electron chi connectivity index (χ1n) is 14.7. The number of ether oxygens (including phenoxy) is 2. The molecule has 5 aliphatic heterocycles. The smallest absolute Gasteiger partial charge is 0.410 e. The summed E-state index contributed by atoms with van der Waals surface area (Å²) in [5, 5.41) is 4.42. The molecule has 7 rings (SSSR count). The summed E-state index contributed by atoms with van der Waals surface area (Å²) in [5.74, 6) is -0.389. The molecule has 2 unspecified atom stereocenters. The van der Waals surface area contributed by atoms with E-state index in [4.69, 9.17) is 9.47 Å². The molecule has 1 spiro atoms. The highest BCUT2D eigenvalue weighted by Crippen LogP contribution is 2.49. The lowest BCUT2D eigenvalue weighted by Gasteiger charge is -2.47. The van der Waals surface area contributed by atoms with Crippen LogP contribution in [0.2, 0.25) is 0 Å². The maximum atomic E-state index is 14.5. The summed E-state index contributed by atoms with van der Waals surface area (Å²) in [4.78, 5) is 33.0. The molecule has 9 nitrogen and oxygen atoms in total. The van der Waals surface area contributed by atoms with Crippen molar-refractivity contribution < 1.29 is 24.9 Å². The molecule has 1 aromatic heterocycles. The van der Waals surface area contributed by atoms with Crippen LogP contribution in [0.4, 0.5) is 14.9 Å². The van der Waals surface area contributed by atoms with Gasteiger partial charge in [0.25, 0.3) is 5.91 Å². The lowest BCUT2D eigenvalue weighted by Crippen LogP contribution is -2.56. The number of anilines is 1. The van der Waals surface area contributed by atoms with Gasteiger partial charge in [-0.2, -0.15) is 5.10 Å². The Labute approximate surface area is 235 Å². The number of fused-ring (bicyclic) bond motifs is 4. The number of carbonyl (C=O) groups excluding carboxylic acids is 2. The standard InChI is InChI=1S/C30H38FN5O4.H2/c1-19-13-26(32-33(19)2)28(37)35-18-30(25-14-20(31)3-6-27(25)35)8-10-34(11-9-30)23-15-21-4-5-22(16-23)36(21)29(38)40-24-7-12-39-17-24;/h3,6,13-14,21-24H,4-5,7-12,15-18H2,1-2H3;1H/t21?,22?,23?,24-;/m1./s1. The summed E-state index contributed by atoms with van der Waals surface area (Å²) in [7, 11) is 1.83. The SMILES string of the molecule is Cc1cc(C(=O)N2CC3(CCN(C4CC5CCC(C4)N5C(=O)O[C@@H]4CCOC4)CC3)c3cc(F)ccc32)nn1C.[HH]. The van der Waals surface area contributed by atoms with Crippen molar-refractivity contribution in [3.63, 3.8) is 0 Å². The second-order valence-corrected chi connectivity index (χ2v) is 12.5. The van der Waals surface area contributed by atoms with Crippen molar-refractivity contribution in [3.8, 4) is 0 Å². The Hall–Kier alpha value is -2.98. The number of likely N-dealkylation sites (tertiary alicyclic amines) is 1. The van der Waals surface area contributed by atoms with E-state index in [0.29, 0.717) is 31.5 Å². The van der Waals surface area contributed by atoms with Gasteiger partial charge in [-0.15, -0.1) is 0 Å². The molecule has 10 heteroatoms. The molecule has 4 fully saturated rings. The Bertz CT molecular complexity index is 1290. The van der Waals surface area contributed by atoms with Crippen LogP contribution < -0.4 is 4.90 Å². The predicted octanol–water partition coefficient (Wildman–Crippen LogP) is 4.03. The van der Waals surface area contributed by atoms with Crippen LogP contribution in [-0.4, -0.2) is 88.7 Å². The zero-order valence-electron chi connectivity index (χ0n) is 23.4. The zero-order valence-corrected chi connectivity index (χ0v) is 23.4. The van der Waals surface area contributed by atoms with Crippen molar-refractivity contribution in [3.05, 3.63) is 47.0 Å². The minimum atomic E-state index is -0.264. The molecule has 0 N–H and O–H groups in total. The maximum Gasteiger partial charge on any atom is 0.410 e. The summed E-state index contributed by atoms with van der Waals surface area (Å²) < 4.78 is 27.4. The first kappa shape index (κ1) is 26.0. The fourth-order valence-electron chi connectivity index (χ4n) is 7.92. The van der Waals surface area contributed by atoms with E-state index in [1.165, 1.54) is 6.07 Å². The summed E-state index contributed by atoms with van der Waals surface area (Å²) in [6.07, 6.45) is 6.24. The van der Waals surface area contributed by atoms with E-state index in [2.05, 4.69) is 10.00 Å². The quantitative estimate of drug-likeness (QED) is 0.571. The number of hydrogen-bond donors (Lipinski definition) is 0. The van der Waals surface area contributed by atoms with Crippen LogP contribution in [0.3, 0.4) is 0 Å². The number of hydrogen-bond acceptors (Lipinski definition) is 6. The molecule has 6 heterocycles. The van der Waals surface area contributed by atoms with Crippen molar-refractivity contribution in [1.29, 1.82) is 0 Å². The van der Waals surface area contributed by atoms with Crippen LogP contribution in [-0.2, 0) is 21.9 Å². The maximum absolute atomic E-state index is 14.5. The van der Waals surface area contributed by atoms with Crippen LogP contribution in [0.25, 0.3) is 0 Å². The fraction of sp³-hybridized carbons (Fsp3) is 0.633. The Kier molecular flexibility index (Phi) is 6.38. The molecule has 40 heavy (non-hydrogen) atoms. The van der Waals surface area contributed by atoms with Crippen molar-refractivity contribution in [2.45, 2.75) is 81.5 Å². The van der Waals surface area contributed by atoms with Gasteiger partial charge < -0.3 is 24.2 Å². The molecular formula is C30H40FN5O4. The van der Waals surface area contributed by atoms with Crippen LogP contribution in [0, 0.1) is 12.7 Å². The van der Waals surface area contributed by atoms with E-state index in [-0.39, 0.29) is 42.8 Å². The van der Waals surface area contributed by atoms with Crippen molar-refractivity contribution in [2.75, 3.05) is 37.7 Å². The summed E-state index contributed by atoms with van der Waals surface area (Å²) >= 11 is 0. The van der Waals surface area contributed by atoms with Crippen LogP contribution in [0.1, 0.15) is 68.1 Å². The predicted molar refractivity (Wildman–Crippen MR) is 148 cm³/mol. The number of amides is 2. The van der Waals surface area contributed by atoms with Crippen molar-refractivity contribution >= 4 is 17.7 Å². The van der Waals surface area contributed by atoms with E-state index in [0.717, 1.165) is 75.0 Å². The molecule has 2 amide bonds. The summed E-state index contributed by atoms with van der Waals surface area (Å²) in [5.41, 5.74) is 2.83. The minimum Gasteiger partial charge on any atom is -0.444 e. The number of piperidine rings is 2. The Morgan fingerprint density at radius 2 is 1.85 bits per heavy atom. The van der Waals surface area contributed by atoms with Crippen LogP contribution in [0.15, 0.2) is 24.3 Å². The average Bonchev–Trinajstić information content (AvgIpc) is 3.70. The Balaban J connectivity index is 0.00000302. The highest BCUT2D eigenvalue weighted by molar-refractivity contribution is 6.06. The Morgan fingerprint density at radius 3 is 2.50 bits per heavy atom. The van der Waals surface area contributed by atoms with Gasteiger partial charge in [-0.25, -0.2) is 9.18 Å². The Morgan fingerprint density at radius 1 is 1.10 bits per heavy atom. The van der Waals surface area contributed by atoms with E-state index < -0.39 is 0 Å². The lowest BCUT2D eigenvalue weighted by molar-refractivity contribution is 0.00970. The van der Waals surface area contributed by atoms with Gasteiger partial charge >= 0.3 is 6.09 Å². The third kappa shape index (κ3) is 4.31. The lowest BCUT2D eigenvalue weighted by atomic mass is 9.73. The minimum absolute atomic E-state index is 0. The summed E-state index contributed by atoms with van der Waals surface area (Å²) in [6, 6.07) is 7.54. The second kappa shape index (κ2) is 9.83. The topological polar surface area (TPSA) is 80.1 Å². The first-order chi connectivity index (χ1) is 19.3. The number of aryl methyl sites for hydroxylation is 2. The molecule has 216 valence electrons. The molecule has 2 bridgehead atoms. The second-order valence-electron chi connectivity index (χ2n) is 12.5. The van der Waals surface area contributed by atoms with Gasteiger partial charge in [-0.3, -0.25) is 9.48 Å². The van der Waals surface area contributed by atoms with E-state index in [1.807, 2.05) is 29.8 Å². The number of carbonyl (C=O) groups is 2. The fourth-order valence-corrected chi connectivity index (χ4v) is 7.92. The van der Waals surface area contributed by atoms with Gasteiger partial charge in [0.05, 0.1) is 13.2 Å². The number of benzene rings is 1. The number of nitrogens with zero attached hydrogens (tertiary/aromatic N) is 5. The zero-order chi connectivity index (χ0) is 27.6. The van der Waals surface area contributed by atoms with Crippen LogP contribution in [0.5, 0.6) is 0 Å². The van der Waals surface area contributed by atoms with E-state index in [9.17, 15) is 14.0 Å². The number of rotatable bonds is 3. The number of halogens is 1. The summed E-state index contributed by atoms with van der Waals surface area (Å²) in [6.45, 7) is 5.44. The molecule has 0 saturated carbocycles. The largest absolute Gasteiger partial charge is 0.444 e. The highest BCUT2D eigenvalue weighted by Gasteiger charge is 2.50. The van der Waals surface area contributed by atoms with Gasteiger partial charge in [0.15, 0.2) is 5.69 Å². The molecule has 3 atom stereocenters. The van der Waals surface area contributed by atoms with Crippen molar-refractivity contribution in [2.24, 2.45) is 7.05 Å². The third-order valence-corrected chi connectivity index (χ3v) is 10.2. The molecular weight excluding hydrogens is 513 g/mol. The van der Waals surface area contributed by atoms with Gasteiger partial charge in [0.2, 0.25) is 0 Å². The molecule has 0 aliphatic carbocycles. The van der Waals surface area contributed by atoms with Gasteiger partial charge in [-0.1, -0.05) is 0 Å². The first-order valence-corrected chi connectivity index (χ1v) is 14.7. The van der Waals surface area contributed by atoms with Gasteiger partial charge in [-0.05, 0) is 88.4 Å². The average molecular weight is 554 g/mol. The number of aromatic nitrogens is 2. The van der Waals surface area contributed by atoms with Crippen molar-refractivity contribution in [1.82, 2.24) is 19.6 Å². The molecule has 2 aromatic rings. The monoisotopic (exact) mass is 553 g/mol. The van der Waals surface area contributed by atoms with E-state index in [1.54, 1.807) is 16.8 Å². The normalized spacial score (nSPS) is 29.3. The molecule has 5 aliphatic rings.